The standard InChI is InChI=1S/C20H25ClN4O2/c1-20(2)8-17-15(9-23-25(17)11-20)14-7-18(22-10-16(14)21)24-19(27)12-4-3-5-13(26)6-12/h7,9-10,12-13,26H,3-6,8,11H2,1-2H3,(H,22,24,27)/t12-,13?/m0/s1. The number of carbonyl (C=O) groups is 1. The molecule has 0 saturated heterocycles. The Balaban J connectivity index is 1.57. The van der Waals surface area contributed by atoms with E-state index in [1.54, 1.807) is 6.20 Å². The van der Waals surface area contributed by atoms with Crippen LogP contribution in [0.2, 0.25) is 5.02 Å². The second-order valence-corrected chi connectivity index (χ2v) is 8.97. The normalized spacial score (nSPS) is 23.9. The summed E-state index contributed by atoms with van der Waals surface area (Å²) < 4.78 is 2.04. The zero-order valence-electron chi connectivity index (χ0n) is 15.7. The van der Waals surface area contributed by atoms with Gasteiger partial charge in [0.25, 0.3) is 0 Å². The van der Waals surface area contributed by atoms with Crippen molar-refractivity contribution in [1.82, 2.24) is 14.8 Å². The third kappa shape index (κ3) is 3.73. The molecule has 1 aliphatic heterocycles. The van der Waals surface area contributed by atoms with Crippen LogP contribution in [0.25, 0.3) is 11.1 Å². The predicted octanol–water partition coefficient (Wildman–Crippen LogP) is 3.67. The van der Waals surface area contributed by atoms with Gasteiger partial charge in [-0.2, -0.15) is 5.10 Å². The summed E-state index contributed by atoms with van der Waals surface area (Å²) in [6.45, 7) is 5.34. The van der Waals surface area contributed by atoms with Crippen molar-refractivity contribution in [2.75, 3.05) is 5.32 Å². The number of carbonyl (C=O) groups excluding carboxylic acids is 1. The third-order valence-electron chi connectivity index (χ3n) is 5.59. The van der Waals surface area contributed by atoms with Crippen LogP contribution in [0.1, 0.15) is 45.2 Å². The first-order chi connectivity index (χ1) is 12.8. The molecule has 0 spiro atoms. The molecule has 2 N–H and O–H groups in total. The van der Waals surface area contributed by atoms with E-state index in [2.05, 4.69) is 29.2 Å². The monoisotopic (exact) mass is 388 g/mol. The minimum Gasteiger partial charge on any atom is -0.393 e. The van der Waals surface area contributed by atoms with E-state index in [1.165, 1.54) is 5.69 Å². The average Bonchev–Trinajstić information content (AvgIpc) is 3.11. The second kappa shape index (κ2) is 6.91. The molecule has 1 fully saturated rings. The van der Waals surface area contributed by atoms with E-state index < -0.39 is 0 Å². The first-order valence-corrected chi connectivity index (χ1v) is 9.90. The van der Waals surface area contributed by atoms with E-state index in [0.29, 0.717) is 17.3 Å². The summed E-state index contributed by atoms with van der Waals surface area (Å²) in [4.78, 5) is 16.8. The number of fused-ring (bicyclic) bond motifs is 1. The highest BCUT2D eigenvalue weighted by atomic mass is 35.5. The lowest BCUT2D eigenvalue weighted by Gasteiger charge is -2.24. The summed E-state index contributed by atoms with van der Waals surface area (Å²) in [5.41, 5.74) is 3.18. The Bertz CT molecular complexity index is 877. The minimum absolute atomic E-state index is 0.0871. The highest BCUT2D eigenvalue weighted by Gasteiger charge is 2.32. The zero-order chi connectivity index (χ0) is 19.2. The van der Waals surface area contributed by atoms with Gasteiger partial charge in [-0.05, 0) is 37.2 Å². The Hall–Kier alpha value is -1.92. The molecular formula is C20H25ClN4O2. The summed E-state index contributed by atoms with van der Waals surface area (Å²) in [7, 11) is 0. The van der Waals surface area contributed by atoms with Crippen molar-refractivity contribution < 1.29 is 9.90 Å². The summed E-state index contributed by atoms with van der Waals surface area (Å²) >= 11 is 6.42. The maximum Gasteiger partial charge on any atom is 0.228 e. The fourth-order valence-electron chi connectivity index (χ4n) is 4.22. The summed E-state index contributed by atoms with van der Waals surface area (Å²) in [5.74, 6) is 0.225. The average molecular weight is 389 g/mol. The van der Waals surface area contributed by atoms with E-state index in [0.717, 1.165) is 43.4 Å². The molecule has 2 aromatic heterocycles. The molecule has 3 heterocycles. The Labute approximate surface area is 163 Å². The number of amides is 1. The highest BCUT2D eigenvalue weighted by molar-refractivity contribution is 6.33. The van der Waals surface area contributed by atoms with Crippen molar-refractivity contribution in [3.05, 3.63) is 29.2 Å². The maximum atomic E-state index is 12.6. The van der Waals surface area contributed by atoms with Gasteiger partial charge in [0.2, 0.25) is 5.91 Å². The summed E-state index contributed by atoms with van der Waals surface area (Å²) in [5, 5.41) is 17.8. The number of aliphatic hydroxyl groups excluding tert-OH is 1. The maximum absolute atomic E-state index is 12.6. The van der Waals surface area contributed by atoms with Crippen LogP contribution in [-0.4, -0.2) is 31.9 Å². The number of pyridine rings is 1. The molecule has 1 saturated carbocycles. The molecule has 144 valence electrons. The van der Waals surface area contributed by atoms with Crippen LogP contribution in [0.3, 0.4) is 0 Å². The van der Waals surface area contributed by atoms with Gasteiger partial charge in [-0.25, -0.2) is 4.98 Å². The number of aliphatic hydroxyl groups is 1. The van der Waals surface area contributed by atoms with Gasteiger partial charge in [0.15, 0.2) is 0 Å². The largest absolute Gasteiger partial charge is 0.393 e. The van der Waals surface area contributed by atoms with E-state index >= 15 is 0 Å². The molecule has 2 aromatic rings. The predicted molar refractivity (Wildman–Crippen MR) is 105 cm³/mol. The van der Waals surface area contributed by atoms with Crippen molar-refractivity contribution >= 4 is 23.3 Å². The smallest absolute Gasteiger partial charge is 0.228 e. The Morgan fingerprint density at radius 2 is 2.15 bits per heavy atom. The number of nitrogens with zero attached hydrogens (tertiary/aromatic N) is 3. The summed E-state index contributed by atoms with van der Waals surface area (Å²) in [6, 6.07) is 1.82. The van der Waals surface area contributed by atoms with Crippen molar-refractivity contribution in [2.24, 2.45) is 11.3 Å². The van der Waals surface area contributed by atoms with Gasteiger partial charge in [0.1, 0.15) is 5.82 Å². The number of hydrogen-bond donors (Lipinski definition) is 2. The number of nitrogens with one attached hydrogen (secondary N) is 1. The van der Waals surface area contributed by atoms with Crippen LogP contribution in [0.5, 0.6) is 0 Å². The molecule has 2 aliphatic rings. The second-order valence-electron chi connectivity index (χ2n) is 8.56. The van der Waals surface area contributed by atoms with Crippen molar-refractivity contribution in [2.45, 2.75) is 58.6 Å². The van der Waals surface area contributed by atoms with Crippen molar-refractivity contribution in [3.63, 3.8) is 0 Å². The van der Waals surface area contributed by atoms with Gasteiger partial charge in [-0.1, -0.05) is 31.9 Å². The zero-order valence-corrected chi connectivity index (χ0v) is 16.5. The molecule has 0 bridgehead atoms. The lowest BCUT2D eigenvalue weighted by Crippen LogP contribution is -2.30. The highest BCUT2D eigenvalue weighted by Crippen LogP contribution is 2.39. The number of anilines is 1. The Morgan fingerprint density at radius 1 is 1.33 bits per heavy atom. The third-order valence-corrected chi connectivity index (χ3v) is 5.89. The number of aromatic nitrogens is 3. The van der Waals surface area contributed by atoms with Crippen LogP contribution in [0, 0.1) is 11.3 Å². The quantitative estimate of drug-likeness (QED) is 0.840. The van der Waals surface area contributed by atoms with Gasteiger partial charge in [0.05, 0.1) is 17.3 Å². The van der Waals surface area contributed by atoms with Gasteiger partial charge in [0, 0.05) is 35.5 Å². The van der Waals surface area contributed by atoms with Crippen LogP contribution < -0.4 is 5.32 Å². The lowest BCUT2D eigenvalue weighted by molar-refractivity contribution is -0.122. The first kappa shape index (κ1) is 18.4. The fraction of sp³-hybridized carbons (Fsp3) is 0.550. The molecule has 6 nitrogen and oxygen atoms in total. The van der Waals surface area contributed by atoms with E-state index in [4.69, 9.17) is 11.6 Å². The van der Waals surface area contributed by atoms with Crippen LogP contribution in [-0.2, 0) is 17.8 Å². The van der Waals surface area contributed by atoms with Crippen molar-refractivity contribution in [3.8, 4) is 11.1 Å². The number of rotatable bonds is 3. The van der Waals surface area contributed by atoms with Gasteiger partial charge in [-0.3, -0.25) is 9.48 Å². The molecule has 1 amide bonds. The minimum atomic E-state index is -0.387. The topological polar surface area (TPSA) is 80.0 Å². The molecule has 0 aromatic carbocycles. The molecule has 0 radical (unpaired) electrons. The van der Waals surface area contributed by atoms with E-state index in [-0.39, 0.29) is 23.3 Å². The van der Waals surface area contributed by atoms with E-state index in [1.807, 2.05) is 16.9 Å². The molecule has 1 unspecified atom stereocenters. The van der Waals surface area contributed by atoms with E-state index in [9.17, 15) is 9.90 Å². The van der Waals surface area contributed by atoms with Crippen molar-refractivity contribution in [1.29, 1.82) is 0 Å². The molecule has 2 atom stereocenters. The number of halogens is 1. The fourth-order valence-corrected chi connectivity index (χ4v) is 4.42. The number of hydrogen-bond acceptors (Lipinski definition) is 4. The van der Waals surface area contributed by atoms with Crippen LogP contribution >= 0.6 is 11.6 Å². The van der Waals surface area contributed by atoms with Crippen LogP contribution in [0.15, 0.2) is 18.5 Å². The molecule has 7 heteroatoms. The Kier molecular flexibility index (Phi) is 4.72. The molecule has 1 aliphatic carbocycles. The van der Waals surface area contributed by atoms with Gasteiger partial charge >= 0.3 is 0 Å². The molecule has 27 heavy (non-hydrogen) atoms. The SMILES string of the molecule is CC1(C)Cc2c(-c3cc(NC(=O)[C@H]4CCCC(O)C4)ncc3Cl)cnn2C1. The van der Waals surface area contributed by atoms with Gasteiger partial charge in [-0.15, -0.1) is 0 Å². The summed E-state index contributed by atoms with van der Waals surface area (Å²) in [6.07, 6.45) is 6.92. The molecular weight excluding hydrogens is 364 g/mol. The van der Waals surface area contributed by atoms with Gasteiger partial charge < -0.3 is 10.4 Å². The lowest BCUT2D eigenvalue weighted by atomic mass is 9.86. The first-order valence-electron chi connectivity index (χ1n) is 9.52. The molecule has 4 rings (SSSR count). The van der Waals surface area contributed by atoms with Crippen LogP contribution in [0.4, 0.5) is 5.82 Å². The Morgan fingerprint density at radius 3 is 2.93 bits per heavy atom.